The number of aromatic nitrogens is 1. The largest absolute Gasteiger partial charge is 0.356 e. The van der Waals surface area contributed by atoms with Gasteiger partial charge in [0.1, 0.15) is 0 Å². The van der Waals surface area contributed by atoms with Crippen molar-refractivity contribution in [2.75, 3.05) is 19.6 Å². The van der Waals surface area contributed by atoms with Crippen LogP contribution >= 0.6 is 0 Å². The molecule has 0 unspecified atom stereocenters. The van der Waals surface area contributed by atoms with Gasteiger partial charge in [-0.15, -0.1) is 0 Å². The van der Waals surface area contributed by atoms with Crippen molar-refractivity contribution in [1.29, 1.82) is 0 Å². The van der Waals surface area contributed by atoms with Gasteiger partial charge < -0.3 is 5.32 Å². The molecule has 29 heavy (non-hydrogen) atoms. The minimum absolute atomic E-state index is 0.194. The van der Waals surface area contributed by atoms with E-state index < -0.39 is 0 Å². The Bertz CT molecular complexity index is 762. The van der Waals surface area contributed by atoms with Crippen LogP contribution in [-0.2, 0) is 24.2 Å². The first kappa shape index (κ1) is 20.1. The molecule has 1 aromatic carbocycles. The van der Waals surface area contributed by atoms with E-state index in [9.17, 15) is 4.79 Å². The summed E-state index contributed by atoms with van der Waals surface area (Å²) in [4.78, 5) is 18.7. The highest BCUT2D eigenvalue weighted by molar-refractivity contribution is 5.76. The molecule has 2 fully saturated rings. The summed E-state index contributed by atoms with van der Waals surface area (Å²) in [6, 6.07) is 13.1. The molecule has 0 spiro atoms. The summed E-state index contributed by atoms with van der Waals surface area (Å²) in [7, 11) is 0. The number of aryl methyl sites for hydroxylation is 1. The Morgan fingerprint density at radius 1 is 0.966 bits per heavy atom. The van der Waals surface area contributed by atoms with Gasteiger partial charge >= 0.3 is 0 Å². The average molecular weight is 392 g/mol. The monoisotopic (exact) mass is 391 g/mol. The summed E-state index contributed by atoms with van der Waals surface area (Å²) in [6.07, 6.45) is 11.5. The molecule has 1 aliphatic carbocycles. The average Bonchev–Trinajstić information content (AvgIpc) is 3.59. The molecular formula is C25H33N3O. The Morgan fingerprint density at radius 2 is 1.72 bits per heavy atom. The van der Waals surface area contributed by atoms with Crippen molar-refractivity contribution >= 4 is 5.91 Å². The molecule has 2 heterocycles. The molecule has 1 saturated carbocycles. The highest BCUT2D eigenvalue weighted by Crippen LogP contribution is 2.27. The topological polar surface area (TPSA) is 45.2 Å². The number of piperidine rings is 1. The lowest BCUT2D eigenvalue weighted by Gasteiger charge is -2.32. The van der Waals surface area contributed by atoms with E-state index >= 15 is 0 Å². The quantitative estimate of drug-likeness (QED) is 0.703. The van der Waals surface area contributed by atoms with E-state index in [2.05, 4.69) is 45.5 Å². The minimum atomic E-state index is 0.194. The van der Waals surface area contributed by atoms with Gasteiger partial charge in [-0.3, -0.25) is 14.7 Å². The predicted molar refractivity (Wildman–Crippen MR) is 116 cm³/mol. The molecule has 1 aromatic heterocycles. The standard InChI is InChI=1S/C25H33N3O/c29-25(27-18-23-7-8-23)10-9-20-3-5-21(6-4-20)16-22-11-14-28(15-12-22)19-24-2-1-13-26-17-24/h1-6,13,17,22-23H,7-12,14-16,18-19H2,(H,27,29). The lowest BCUT2D eigenvalue weighted by Crippen LogP contribution is -2.33. The van der Waals surface area contributed by atoms with Crippen LogP contribution in [0.25, 0.3) is 0 Å². The maximum absolute atomic E-state index is 11.9. The number of hydrogen-bond acceptors (Lipinski definition) is 3. The summed E-state index contributed by atoms with van der Waals surface area (Å²) in [5, 5.41) is 3.05. The normalized spacial score (nSPS) is 17.9. The van der Waals surface area contributed by atoms with E-state index in [4.69, 9.17) is 0 Å². The second-order valence-corrected chi connectivity index (χ2v) is 8.85. The van der Waals surface area contributed by atoms with E-state index in [1.165, 1.54) is 61.9 Å². The molecule has 1 amide bonds. The van der Waals surface area contributed by atoms with Crippen molar-refractivity contribution in [3.05, 3.63) is 65.5 Å². The van der Waals surface area contributed by atoms with Crippen LogP contribution in [0.3, 0.4) is 0 Å². The summed E-state index contributed by atoms with van der Waals surface area (Å²) in [5.41, 5.74) is 4.00. The highest BCUT2D eigenvalue weighted by atomic mass is 16.1. The molecule has 4 rings (SSSR count). The second-order valence-electron chi connectivity index (χ2n) is 8.85. The number of rotatable bonds is 9. The number of hydrogen-bond donors (Lipinski definition) is 1. The number of pyridine rings is 1. The molecule has 1 aliphatic heterocycles. The van der Waals surface area contributed by atoms with E-state index in [1.54, 1.807) is 0 Å². The second kappa shape index (κ2) is 10.0. The number of amides is 1. The van der Waals surface area contributed by atoms with Crippen LogP contribution in [0.2, 0.25) is 0 Å². The molecule has 0 bridgehead atoms. The van der Waals surface area contributed by atoms with Crippen molar-refractivity contribution in [2.45, 2.75) is 51.5 Å². The molecule has 154 valence electrons. The zero-order chi connectivity index (χ0) is 19.9. The van der Waals surface area contributed by atoms with Gasteiger partial charge in [-0.25, -0.2) is 0 Å². The molecule has 2 aliphatic rings. The van der Waals surface area contributed by atoms with E-state index in [0.717, 1.165) is 31.3 Å². The molecule has 1 saturated heterocycles. The van der Waals surface area contributed by atoms with Gasteiger partial charge in [-0.2, -0.15) is 0 Å². The van der Waals surface area contributed by atoms with E-state index in [-0.39, 0.29) is 5.91 Å². The fourth-order valence-electron chi connectivity index (χ4n) is 4.20. The third-order valence-electron chi connectivity index (χ3n) is 6.31. The molecule has 0 radical (unpaired) electrons. The number of likely N-dealkylation sites (tertiary alicyclic amines) is 1. The number of nitrogens with one attached hydrogen (secondary N) is 1. The zero-order valence-electron chi connectivity index (χ0n) is 17.4. The fraction of sp³-hybridized carbons (Fsp3) is 0.520. The maximum atomic E-state index is 11.9. The van der Waals surface area contributed by atoms with Gasteiger partial charge in [-0.05, 0) is 86.2 Å². The van der Waals surface area contributed by atoms with E-state index in [1.807, 2.05) is 18.5 Å². The Balaban J connectivity index is 1.16. The Hall–Kier alpha value is -2.20. The van der Waals surface area contributed by atoms with E-state index in [0.29, 0.717) is 6.42 Å². The van der Waals surface area contributed by atoms with Crippen molar-refractivity contribution in [3.8, 4) is 0 Å². The maximum Gasteiger partial charge on any atom is 0.220 e. The first-order chi connectivity index (χ1) is 14.2. The number of carbonyl (C=O) groups excluding carboxylic acids is 1. The fourth-order valence-corrected chi connectivity index (χ4v) is 4.20. The molecule has 0 atom stereocenters. The number of carbonyl (C=O) groups is 1. The summed E-state index contributed by atoms with van der Waals surface area (Å²) in [5.74, 6) is 1.72. The van der Waals surface area contributed by atoms with Crippen molar-refractivity contribution in [1.82, 2.24) is 15.2 Å². The third kappa shape index (κ3) is 6.67. The van der Waals surface area contributed by atoms with Crippen LogP contribution < -0.4 is 5.32 Å². The van der Waals surface area contributed by atoms with Crippen molar-refractivity contribution in [3.63, 3.8) is 0 Å². The Morgan fingerprint density at radius 3 is 2.41 bits per heavy atom. The SMILES string of the molecule is O=C(CCc1ccc(CC2CCN(Cc3cccnc3)CC2)cc1)NCC1CC1. The number of benzene rings is 1. The van der Waals surface area contributed by atoms with Crippen LogP contribution in [0, 0.1) is 11.8 Å². The van der Waals surface area contributed by atoms with Crippen molar-refractivity contribution < 1.29 is 4.79 Å². The lowest BCUT2D eigenvalue weighted by atomic mass is 9.89. The van der Waals surface area contributed by atoms with Gasteiger partial charge in [0.15, 0.2) is 0 Å². The van der Waals surface area contributed by atoms with Gasteiger partial charge in [0, 0.05) is 31.9 Å². The van der Waals surface area contributed by atoms with Crippen LogP contribution in [0.4, 0.5) is 0 Å². The molecule has 1 N–H and O–H groups in total. The van der Waals surface area contributed by atoms with Gasteiger partial charge in [-0.1, -0.05) is 30.3 Å². The Labute approximate surface area is 174 Å². The molecule has 2 aromatic rings. The minimum Gasteiger partial charge on any atom is -0.356 e. The molecular weight excluding hydrogens is 358 g/mol. The van der Waals surface area contributed by atoms with Crippen LogP contribution in [0.15, 0.2) is 48.8 Å². The predicted octanol–water partition coefficient (Wildman–Crippen LogP) is 4.00. The Kier molecular flexibility index (Phi) is 6.94. The first-order valence-electron chi connectivity index (χ1n) is 11.2. The molecule has 4 heteroatoms. The first-order valence-corrected chi connectivity index (χ1v) is 11.2. The van der Waals surface area contributed by atoms with Gasteiger partial charge in [0.25, 0.3) is 0 Å². The van der Waals surface area contributed by atoms with Gasteiger partial charge in [0.05, 0.1) is 0 Å². The zero-order valence-corrected chi connectivity index (χ0v) is 17.4. The van der Waals surface area contributed by atoms with Crippen LogP contribution in [0.1, 0.15) is 48.8 Å². The highest BCUT2D eigenvalue weighted by Gasteiger charge is 2.21. The van der Waals surface area contributed by atoms with Gasteiger partial charge in [0.2, 0.25) is 5.91 Å². The summed E-state index contributed by atoms with van der Waals surface area (Å²) >= 11 is 0. The smallest absolute Gasteiger partial charge is 0.220 e. The lowest BCUT2D eigenvalue weighted by molar-refractivity contribution is -0.121. The molecule has 4 nitrogen and oxygen atoms in total. The van der Waals surface area contributed by atoms with Crippen LogP contribution in [-0.4, -0.2) is 35.4 Å². The summed E-state index contributed by atoms with van der Waals surface area (Å²) < 4.78 is 0. The van der Waals surface area contributed by atoms with Crippen molar-refractivity contribution in [2.24, 2.45) is 11.8 Å². The third-order valence-corrected chi connectivity index (χ3v) is 6.31. The van der Waals surface area contributed by atoms with Crippen LogP contribution in [0.5, 0.6) is 0 Å². The summed E-state index contributed by atoms with van der Waals surface area (Å²) in [6.45, 7) is 4.24. The number of nitrogens with zero attached hydrogens (tertiary/aromatic N) is 2.